The van der Waals surface area contributed by atoms with E-state index in [2.05, 4.69) is 10.2 Å². The molecule has 3 rings (SSSR count). The van der Waals surface area contributed by atoms with Gasteiger partial charge in [-0.15, -0.1) is 11.3 Å². The van der Waals surface area contributed by atoms with Crippen LogP contribution in [0.15, 0.2) is 23.2 Å². The molecule has 0 unspecified atom stereocenters. The maximum Gasteiger partial charge on any atom is 0.227 e. The molecule has 1 fully saturated rings. The average molecular weight is 353 g/mol. The highest BCUT2D eigenvalue weighted by atomic mass is 32.2. The van der Waals surface area contributed by atoms with Crippen LogP contribution in [0.3, 0.4) is 0 Å². The predicted molar refractivity (Wildman–Crippen MR) is 88.4 cm³/mol. The summed E-state index contributed by atoms with van der Waals surface area (Å²) >= 11 is 1.64. The van der Waals surface area contributed by atoms with Crippen LogP contribution in [0.2, 0.25) is 0 Å². The van der Waals surface area contributed by atoms with Gasteiger partial charge in [0.15, 0.2) is 9.84 Å². The summed E-state index contributed by atoms with van der Waals surface area (Å²) in [6.07, 6.45) is 3.69. The van der Waals surface area contributed by atoms with E-state index < -0.39 is 9.84 Å². The summed E-state index contributed by atoms with van der Waals surface area (Å²) < 4.78 is 23.6. The van der Waals surface area contributed by atoms with Crippen LogP contribution < -0.4 is 0 Å². The van der Waals surface area contributed by atoms with Gasteiger partial charge in [0, 0.05) is 35.0 Å². The van der Waals surface area contributed by atoms with E-state index in [0.29, 0.717) is 25.2 Å². The normalized spacial score (nSPS) is 18.5. The van der Waals surface area contributed by atoms with E-state index in [1.54, 1.807) is 11.3 Å². The van der Waals surface area contributed by atoms with E-state index in [0.717, 1.165) is 11.3 Å². The number of nitrogens with zero attached hydrogens (tertiary/aromatic N) is 2. The van der Waals surface area contributed by atoms with Crippen LogP contribution in [0.4, 0.5) is 0 Å². The molecule has 1 aliphatic rings. The monoisotopic (exact) mass is 353 g/mol. The van der Waals surface area contributed by atoms with Crippen molar-refractivity contribution in [3.63, 3.8) is 0 Å². The lowest BCUT2D eigenvalue weighted by Gasteiger charge is -2.16. The van der Waals surface area contributed by atoms with Crippen LogP contribution in [0.25, 0.3) is 0 Å². The Morgan fingerprint density at radius 1 is 1.48 bits per heavy atom. The fraction of sp³-hybridized carbons (Fsp3) is 0.467. The molecule has 2 aromatic rings. The number of hydrogen-bond acceptors (Lipinski definition) is 5. The predicted octanol–water partition coefficient (Wildman–Crippen LogP) is 1.74. The molecule has 1 atom stereocenters. The van der Waals surface area contributed by atoms with Gasteiger partial charge in [0.05, 0.1) is 18.3 Å². The molecule has 0 aliphatic carbocycles. The van der Waals surface area contributed by atoms with Crippen molar-refractivity contribution in [2.24, 2.45) is 0 Å². The Balaban J connectivity index is 1.69. The molecule has 1 N–H and O–H groups in total. The minimum Gasteiger partial charge on any atom is -0.342 e. The highest BCUT2D eigenvalue weighted by Gasteiger charge is 2.31. The molecule has 0 aromatic carbocycles. The quantitative estimate of drug-likeness (QED) is 0.907. The maximum atomic E-state index is 12.4. The minimum absolute atomic E-state index is 0.00348. The molecule has 0 saturated carbocycles. The van der Waals surface area contributed by atoms with Crippen molar-refractivity contribution in [1.29, 1.82) is 0 Å². The van der Waals surface area contributed by atoms with Gasteiger partial charge < -0.3 is 4.90 Å². The second-order valence-corrected chi connectivity index (χ2v) is 9.29. The Labute approximate surface area is 139 Å². The topological polar surface area (TPSA) is 83.1 Å². The number of sulfone groups is 1. The minimum atomic E-state index is -3.31. The molecule has 124 valence electrons. The first-order chi connectivity index (χ1) is 10.8. The van der Waals surface area contributed by atoms with Crippen LogP contribution in [0, 0.1) is 6.92 Å². The zero-order chi connectivity index (χ0) is 16.6. The molecule has 23 heavy (non-hydrogen) atoms. The van der Waals surface area contributed by atoms with Gasteiger partial charge in [-0.25, -0.2) is 8.42 Å². The molecule has 0 radical (unpaired) electrons. The second kappa shape index (κ2) is 6.09. The number of H-pyrrole nitrogens is 1. The van der Waals surface area contributed by atoms with Gasteiger partial charge >= 0.3 is 0 Å². The SMILES string of the molecule is Cc1ccc(CC(=O)N2CC[C@@H](c3[nH]ncc3S(C)(=O)=O)C2)s1. The second-order valence-electron chi connectivity index (χ2n) is 5.93. The lowest BCUT2D eigenvalue weighted by atomic mass is 10.1. The molecule has 1 amide bonds. The highest BCUT2D eigenvalue weighted by molar-refractivity contribution is 7.90. The van der Waals surface area contributed by atoms with Gasteiger partial charge in [0.1, 0.15) is 4.90 Å². The summed E-state index contributed by atoms with van der Waals surface area (Å²) in [5, 5.41) is 6.67. The van der Waals surface area contributed by atoms with E-state index in [-0.39, 0.29) is 16.7 Å². The summed E-state index contributed by atoms with van der Waals surface area (Å²) in [5.41, 5.74) is 0.620. The number of carbonyl (C=O) groups is 1. The van der Waals surface area contributed by atoms with Crippen LogP contribution >= 0.6 is 11.3 Å². The van der Waals surface area contributed by atoms with Crippen molar-refractivity contribution >= 4 is 27.1 Å². The lowest BCUT2D eigenvalue weighted by molar-refractivity contribution is -0.129. The summed E-state index contributed by atoms with van der Waals surface area (Å²) in [7, 11) is -3.31. The van der Waals surface area contributed by atoms with Crippen LogP contribution in [0.1, 0.15) is 27.8 Å². The summed E-state index contributed by atoms with van der Waals surface area (Å²) in [6, 6.07) is 4.01. The van der Waals surface area contributed by atoms with Gasteiger partial charge in [-0.2, -0.15) is 5.10 Å². The summed E-state index contributed by atoms with van der Waals surface area (Å²) in [4.78, 5) is 16.7. The van der Waals surface area contributed by atoms with E-state index in [4.69, 9.17) is 0 Å². The molecule has 2 aromatic heterocycles. The van der Waals surface area contributed by atoms with Crippen LogP contribution in [-0.2, 0) is 21.1 Å². The number of aromatic amines is 1. The molecule has 1 aliphatic heterocycles. The van der Waals surface area contributed by atoms with Crippen molar-refractivity contribution in [3.05, 3.63) is 33.8 Å². The standard InChI is InChI=1S/C15H19N3O3S2/c1-10-3-4-12(22-10)7-14(19)18-6-5-11(9-18)15-13(8-16-17-15)23(2,20)21/h3-4,8,11H,5-7,9H2,1-2H3,(H,16,17)/t11-/m1/s1. The molecule has 3 heterocycles. The van der Waals surface area contributed by atoms with Gasteiger partial charge in [-0.3, -0.25) is 9.89 Å². The fourth-order valence-electron chi connectivity index (χ4n) is 2.94. The molecule has 1 saturated heterocycles. The molecule has 0 spiro atoms. The van der Waals surface area contributed by atoms with Crippen LogP contribution in [0.5, 0.6) is 0 Å². The van der Waals surface area contributed by atoms with Crippen molar-refractivity contribution in [3.8, 4) is 0 Å². The van der Waals surface area contributed by atoms with E-state index in [1.165, 1.54) is 17.3 Å². The van der Waals surface area contributed by atoms with E-state index >= 15 is 0 Å². The highest BCUT2D eigenvalue weighted by Crippen LogP contribution is 2.30. The van der Waals surface area contributed by atoms with Crippen molar-refractivity contribution in [2.75, 3.05) is 19.3 Å². The van der Waals surface area contributed by atoms with E-state index in [9.17, 15) is 13.2 Å². The van der Waals surface area contributed by atoms with Gasteiger partial charge in [0.25, 0.3) is 0 Å². The number of thiophene rings is 1. The molecule has 8 heteroatoms. The number of hydrogen-bond donors (Lipinski definition) is 1. The van der Waals surface area contributed by atoms with Crippen LogP contribution in [-0.4, -0.2) is 48.8 Å². The number of likely N-dealkylation sites (tertiary alicyclic amines) is 1. The first-order valence-corrected chi connectivity index (χ1v) is 10.1. The maximum absolute atomic E-state index is 12.4. The number of nitrogens with one attached hydrogen (secondary N) is 1. The third kappa shape index (κ3) is 3.48. The van der Waals surface area contributed by atoms with Gasteiger partial charge in [-0.1, -0.05) is 0 Å². The first kappa shape index (κ1) is 16.2. The first-order valence-electron chi connectivity index (χ1n) is 7.41. The molecule has 0 bridgehead atoms. The van der Waals surface area contributed by atoms with Crippen molar-refractivity contribution < 1.29 is 13.2 Å². The number of rotatable bonds is 4. The third-order valence-electron chi connectivity index (χ3n) is 4.10. The molecular weight excluding hydrogens is 334 g/mol. The van der Waals surface area contributed by atoms with Gasteiger partial charge in [0.2, 0.25) is 5.91 Å². The Kier molecular flexibility index (Phi) is 4.29. The van der Waals surface area contributed by atoms with Crippen molar-refractivity contribution in [2.45, 2.75) is 30.6 Å². The zero-order valence-corrected chi connectivity index (χ0v) is 14.7. The molecule has 6 nitrogen and oxygen atoms in total. The van der Waals surface area contributed by atoms with Gasteiger partial charge in [-0.05, 0) is 25.5 Å². The summed E-state index contributed by atoms with van der Waals surface area (Å²) in [6.45, 7) is 3.21. The molecular formula is C15H19N3O3S2. The zero-order valence-electron chi connectivity index (χ0n) is 13.1. The largest absolute Gasteiger partial charge is 0.342 e. The fourth-order valence-corrected chi connectivity index (χ4v) is 4.67. The van der Waals surface area contributed by atoms with E-state index in [1.807, 2.05) is 24.0 Å². The Hall–Kier alpha value is -1.67. The lowest BCUT2D eigenvalue weighted by Crippen LogP contribution is -2.29. The Morgan fingerprint density at radius 2 is 2.26 bits per heavy atom. The Bertz CT molecular complexity index is 823. The number of carbonyl (C=O) groups excluding carboxylic acids is 1. The third-order valence-corrected chi connectivity index (χ3v) is 6.23. The summed E-state index contributed by atoms with van der Waals surface area (Å²) in [5.74, 6) is 0.0889. The van der Waals surface area contributed by atoms with Crippen molar-refractivity contribution in [1.82, 2.24) is 15.1 Å². The smallest absolute Gasteiger partial charge is 0.227 e. The number of amides is 1. The average Bonchev–Trinajstić information content (AvgIpc) is 3.15. The number of aryl methyl sites for hydroxylation is 1. The Morgan fingerprint density at radius 3 is 2.91 bits per heavy atom. The number of aromatic nitrogens is 2.